The van der Waals surface area contributed by atoms with Crippen LogP contribution in [0.3, 0.4) is 0 Å². The maximum Gasteiger partial charge on any atom is 0.168 e. The molecular formula is C25H28N2O4. The maximum absolute atomic E-state index is 13.0. The van der Waals surface area contributed by atoms with Crippen molar-refractivity contribution in [1.29, 1.82) is 0 Å². The quantitative estimate of drug-likeness (QED) is 0.527. The predicted octanol–water partition coefficient (Wildman–Crippen LogP) is 5.41. The van der Waals surface area contributed by atoms with Crippen LogP contribution in [0.15, 0.2) is 45.1 Å². The number of allylic oxidation sites excluding steroid dienone is 2. The minimum atomic E-state index is -0.220. The molecule has 0 saturated heterocycles. The van der Waals surface area contributed by atoms with Gasteiger partial charge in [0.05, 0.1) is 28.2 Å². The van der Waals surface area contributed by atoms with E-state index in [9.17, 15) is 14.7 Å². The van der Waals surface area contributed by atoms with Crippen molar-refractivity contribution in [3.05, 3.63) is 58.2 Å². The van der Waals surface area contributed by atoms with Crippen LogP contribution in [0.25, 0.3) is 0 Å². The summed E-state index contributed by atoms with van der Waals surface area (Å²) in [5.74, 6) is 0.585. The van der Waals surface area contributed by atoms with Crippen LogP contribution in [-0.4, -0.2) is 27.5 Å². The molecule has 6 heteroatoms. The number of carbonyl (C=O) groups is 2. The number of aliphatic hydroxyl groups is 1. The summed E-state index contributed by atoms with van der Waals surface area (Å²) < 4.78 is 5.33. The van der Waals surface area contributed by atoms with E-state index < -0.39 is 0 Å². The third-order valence-corrected chi connectivity index (χ3v) is 5.96. The first-order chi connectivity index (χ1) is 14.7. The zero-order valence-corrected chi connectivity index (χ0v) is 18.3. The second-order valence-electron chi connectivity index (χ2n) is 9.36. The Balaban J connectivity index is 1.64. The number of benzene rings is 1. The second-order valence-corrected chi connectivity index (χ2v) is 9.36. The molecule has 1 heterocycles. The second kappa shape index (κ2) is 8.25. The largest absolute Gasteiger partial charge is 0.511 e. The highest BCUT2D eigenvalue weighted by atomic mass is 16.5. The molecule has 0 spiro atoms. The fourth-order valence-electron chi connectivity index (χ4n) is 4.40. The normalized spacial score (nSPS) is 21.3. The van der Waals surface area contributed by atoms with Crippen LogP contribution >= 0.6 is 0 Å². The fourth-order valence-corrected chi connectivity index (χ4v) is 4.40. The number of nitrogens with zero attached hydrogens (tertiary/aromatic N) is 2. The zero-order chi connectivity index (χ0) is 22.2. The van der Waals surface area contributed by atoms with Gasteiger partial charge in [0.25, 0.3) is 0 Å². The fraction of sp³-hybridized carbons (Fsp3) is 0.440. The standard InChI is InChI=1S/C25H28N2O4/c1-15-7-9-16(10-8-15)26-18-13-25(2,3)14-21(30)23(18)20(29)12-11-17-24-19(28)5-4-6-22(24)31-27-17/h7-10,29H,4-6,11-14H2,1-3H3/b23-20+,26-18?. The van der Waals surface area contributed by atoms with E-state index in [1.165, 1.54) is 0 Å². The Kier molecular flexibility index (Phi) is 5.65. The van der Waals surface area contributed by atoms with Crippen LogP contribution in [-0.2, 0) is 17.6 Å². The number of aryl methyl sites for hydroxylation is 3. The van der Waals surface area contributed by atoms with Crippen LogP contribution in [0.1, 0.15) is 73.3 Å². The van der Waals surface area contributed by atoms with Crippen molar-refractivity contribution < 1.29 is 19.2 Å². The minimum Gasteiger partial charge on any atom is -0.511 e. The summed E-state index contributed by atoms with van der Waals surface area (Å²) >= 11 is 0. The first kappa shape index (κ1) is 21.2. The summed E-state index contributed by atoms with van der Waals surface area (Å²) in [4.78, 5) is 30.0. The molecule has 1 aromatic carbocycles. The number of fused-ring (bicyclic) bond motifs is 1. The molecule has 2 aliphatic rings. The molecule has 0 bridgehead atoms. The molecule has 31 heavy (non-hydrogen) atoms. The van der Waals surface area contributed by atoms with E-state index in [0.717, 1.165) is 17.7 Å². The molecule has 0 atom stereocenters. The lowest BCUT2D eigenvalue weighted by molar-refractivity contribution is -0.117. The molecule has 0 unspecified atom stereocenters. The van der Waals surface area contributed by atoms with Crippen LogP contribution in [0.2, 0.25) is 0 Å². The lowest BCUT2D eigenvalue weighted by Gasteiger charge is -2.31. The molecule has 2 aromatic rings. The van der Waals surface area contributed by atoms with E-state index in [2.05, 4.69) is 5.16 Å². The van der Waals surface area contributed by atoms with Gasteiger partial charge < -0.3 is 9.63 Å². The average Bonchev–Trinajstić information content (AvgIpc) is 3.11. The van der Waals surface area contributed by atoms with Gasteiger partial charge in [-0.2, -0.15) is 0 Å². The summed E-state index contributed by atoms with van der Waals surface area (Å²) in [7, 11) is 0. The van der Waals surface area contributed by atoms with Crippen molar-refractivity contribution in [1.82, 2.24) is 5.16 Å². The third kappa shape index (κ3) is 4.53. The van der Waals surface area contributed by atoms with Gasteiger partial charge in [-0.25, -0.2) is 0 Å². The summed E-state index contributed by atoms with van der Waals surface area (Å²) in [6.45, 7) is 6.09. The summed E-state index contributed by atoms with van der Waals surface area (Å²) in [6, 6.07) is 7.78. The Morgan fingerprint density at radius 2 is 1.87 bits per heavy atom. The van der Waals surface area contributed by atoms with Gasteiger partial charge in [0, 0.05) is 32.1 Å². The lowest BCUT2D eigenvalue weighted by Crippen LogP contribution is -2.32. The SMILES string of the molecule is Cc1ccc(N=C2CC(C)(C)CC(=O)/C2=C(/O)CCc2noc3c2C(=O)CCC3)cc1. The molecule has 1 aromatic heterocycles. The molecule has 2 aliphatic carbocycles. The average molecular weight is 421 g/mol. The third-order valence-electron chi connectivity index (χ3n) is 5.96. The number of hydrogen-bond donors (Lipinski definition) is 1. The van der Waals surface area contributed by atoms with E-state index in [1.807, 2.05) is 45.0 Å². The monoisotopic (exact) mass is 420 g/mol. The number of ketones is 2. The predicted molar refractivity (Wildman–Crippen MR) is 118 cm³/mol. The number of Topliss-reactive ketones (excluding diaryl/α,β-unsaturated/α-hetero) is 2. The molecule has 1 N–H and O–H groups in total. The zero-order valence-electron chi connectivity index (χ0n) is 18.3. The van der Waals surface area contributed by atoms with Crippen molar-refractivity contribution in [2.45, 2.75) is 65.7 Å². The maximum atomic E-state index is 13.0. The van der Waals surface area contributed by atoms with Gasteiger partial charge in [0.1, 0.15) is 11.5 Å². The summed E-state index contributed by atoms with van der Waals surface area (Å²) in [5.41, 5.74) is 3.72. The summed E-state index contributed by atoms with van der Waals surface area (Å²) in [6.07, 6.45) is 3.49. The topological polar surface area (TPSA) is 92.8 Å². The van der Waals surface area contributed by atoms with E-state index in [-0.39, 0.29) is 29.2 Å². The van der Waals surface area contributed by atoms with E-state index in [4.69, 9.17) is 9.52 Å². The van der Waals surface area contributed by atoms with Crippen LogP contribution < -0.4 is 0 Å². The highest BCUT2D eigenvalue weighted by molar-refractivity contribution is 6.25. The molecule has 1 fully saturated rings. The number of aliphatic imine (C=N–C) groups is 1. The molecule has 6 nitrogen and oxygen atoms in total. The number of aromatic nitrogens is 1. The van der Waals surface area contributed by atoms with Crippen molar-refractivity contribution in [2.24, 2.45) is 10.4 Å². The first-order valence-corrected chi connectivity index (χ1v) is 10.8. The number of aliphatic hydroxyl groups excluding tert-OH is 1. The molecule has 4 rings (SSSR count). The van der Waals surface area contributed by atoms with Gasteiger partial charge >= 0.3 is 0 Å². The molecule has 0 amide bonds. The Bertz CT molecular complexity index is 1090. The van der Waals surface area contributed by atoms with Gasteiger partial charge in [-0.05, 0) is 37.3 Å². The van der Waals surface area contributed by atoms with Crippen molar-refractivity contribution >= 4 is 23.0 Å². The van der Waals surface area contributed by atoms with Crippen molar-refractivity contribution in [3.8, 4) is 0 Å². The number of rotatable bonds is 4. The molecule has 0 aliphatic heterocycles. The smallest absolute Gasteiger partial charge is 0.168 e. The Morgan fingerprint density at radius 1 is 1.13 bits per heavy atom. The van der Waals surface area contributed by atoms with Crippen LogP contribution in [0.4, 0.5) is 5.69 Å². The Morgan fingerprint density at radius 3 is 2.61 bits per heavy atom. The Hall–Kier alpha value is -3.02. The first-order valence-electron chi connectivity index (χ1n) is 10.8. The number of carbonyl (C=O) groups excluding carboxylic acids is 2. The Labute approximate surface area is 182 Å². The van der Waals surface area contributed by atoms with Gasteiger partial charge in [0.2, 0.25) is 0 Å². The molecule has 162 valence electrons. The van der Waals surface area contributed by atoms with E-state index in [1.54, 1.807) is 0 Å². The van der Waals surface area contributed by atoms with Gasteiger partial charge in [0.15, 0.2) is 11.6 Å². The van der Waals surface area contributed by atoms with Gasteiger partial charge in [-0.1, -0.05) is 36.7 Å². The molecular weight excluding hydrogens is 392 g/mol. The highest BCUT2D eigenvalue weighted by Crippen LogP contribution is 2.37. The van der Waals surface area contributed by atoms with E-state index >= 15 is 0 Å². The lowest BCUT2D eigenvalue weighted by atomic mass is 9.73. The van der Waals surface area contributed by atoms with Gasteiger partial charge in [-0.15, -0.1) is 0 Å². The summed E-state index contributed by atoms with van der Waals surface area (Å²) in [5, 5.41) is 15.0. The highest BCUT2D eigenvalue weighted by Gasteiger charge is 2.36. The van der Waals surface area contributed by atoms with E-state index in [0.29, 0.717) is 60.4 Å². The molecule has 1 saturated carbocycles. The van der Waals surface area contributed by atoms with Crippen molar-refractivity contribution in [3.63, 3.8) is 0 Å². The van der Waals surface area contributed by atoms with Gasteiger partial charge in [-0.3, -0.25) is 14.6 Å². The van der Waals surface area contributed by atoms with Crippen molar-refractivity contribution in [2.75, 3.05) is 0 Å². The van der Waals surface area contributed by atoms with Crippen LogP contribution in [0.5, 0.6) is 0 Å². The molecule has 0 radical (unpaired) electrons. The van der Waals surface area contributed by atoms with Crippen LogP contribution in [0, 0.1) is 12.3 Å². The number of hydrogen-bond acceptors (Lipinski definition) is 6. The minimum absolute atomic E-state index is 0.00590.